The topological polar surface area (TPSA) is 13.1 Å². The molecular weight excluding hydrogens is 131 g/mol. The first kappa shape index (κ1) is 5.47. The van der Waals surface area contributed by atoms with Gasteiger partial charge in [0.25, 0.3) is 0 Å². The normalized spacial score (nSPS) is 10.5. The smallest absolute Gasteiger partial charge is 0.144 e. The molecule has 1 aromatic carbocycles. The van der Waals surface area contributed by atoms with Crippen molar-refractivity contribution < 1.29 is 8.81 Å². The first-order valence-corrected chi connectivity index (χ1v) is 2.91. The van der Waals surface area contributed by atoms with Gasteiger partial charge in [0, 0.05) is 5.39 Å². The molecule has 0 spiro atoms. The SMILES string of the molecule is Fc1[c]c2occc2cc1. The van der Waals surface area contributed by atoms with Crippen molar-refractivity contribution in [3.05, 3.63) is 36.3 Å². The monoisotopic (exact) mass is 135 g/mol. The predicted molar refractivity (Wildman–Crippen MR) is 35.0 cm³/mol. The lowest BCUT2D eigenvalue weighted by molar-refractivity contribution is 0.597. The molecule has 1 heterocycles. The molecule has 0 amide bonds. The highest BCUT2D eigenvalue weighted by Crippen LogP contribution is 2.14. The summed E-state index contributed by atoms with van der Waals surface area (Å²) in [7, 11) is 0. The molecule has 2 heteroatoms. The summed E-state index contributed by atoms with van der Waals surface area (Å²) in [5, 5.41) is 0.876. The van der Waals surface area contributed by atoms with Crippen LogP contribution in [0.4, 0.5) is 4.39 Å². The van der Waals surface area contributed by atoms with Gasteiger partial charge in [0.15, 0.2) is 0 Å². The fraction of sp³-hybridized carbons (Fsp3) is 0. The number of rotatable bonds is 0. The lowest BCUT2D eigenvalue weighted by Crippen LogP contribution is -1.70. The molecule has 0 aliphatic heterocycles. The van der Waals surface area contributed by atoms with Crippen LogP contribution in [0.2, 0.25) is 0 Å². The maximum Gasteiger partial charge on any atom is 0.144 e. The van der Waals surface area contributed by atoms with E-state index in [-0.39, 0.29) is 5.82 Å². The molecule has 0 aliphatic carbocycles. The van der Waals surface area contributed by atoms with Crippen molar-refractivity contribution in [1.82, 2.24) is 0 Å². The Balaban J connectivity index is 2.86. The van der Waals surface area contributed by atoms with Crippen LogP contribution in [0.1, 0.15) is 0 Å². The summed E-state index contributed by atoms with van der Waals surface area (Å²) in [6, 6.07) is 7.22. The zero-order chi connectivity index (χ0) is 6.97. The maximum absolute atomic E-state index is 12.4. The summed E-state index contributed by atoms with van der Waals surface area (Å²) in [6.07, 6.45) is 1.51. The number of halogens is 1. The van der Waals surface area contributed by atoms with E-state index in [2.05, 4.69) is 6.07 Å². The van der Waals surface area contributed by atoms with Crippen LogP contribution in [0.5, 0.6) is 0 Å². The third kappa shape index (κ3) is 0.692. The number of furan rings is 1. The lowest BCUT2D eigenvalue weighted by Gasteiger charge is -1.85. The van der Waals surface area contributed by atoms with Crippen molar-refractivity contribution in [3.8, 4) is 0 Å². The Morgan fingerprint density at radius 1 is 1.30 bits per heavy atom. The summed E-state index contributed by atoms with van der Waals surface area (Å²) in [6.45, 7) is 0. The molecule has 2 aromatic rings. The van der Waals surface area contributed by atoms with E-state index in [9.17, 15) is 4.39 Å². The molecule has 1 nitrogen and oxygen atoms in total. The average Bonchev–Trinajstić information content (AvgIpc) is 2.33. The van der Waals surface area contributed by atoms with Crippen molar-refractivity contribution in [2.75, 3.05) is 0 Å². The minimum absolute atomic E-state index is 0.387. The molecule has 0 aliphatic rings. The van der Waals surface area contributed by atoms with E-state index in [1.54, 1.807) is 12.1 Å². The standard InChI is InChI=1S/C8H4FO/c9-7-2-1-6-3-4-10-8(6)5-7/h1-4H. The molecule has 0 N–H and O–H groups in total. The third-order valence-corrected chi connectivity index (χ3v) is 1.34. The van der Waals surface area contributed by atoms with Gasteiger partial charge in [-0.25, -0.2) is 4.39 Å². The van der Waals surface area contributed by atoms with Crippen LogP contribution in [0, 0.1) is 11.9 Å². The quantitative estimate of drug-likeness (QED) is 0.540. The molecule has 0 bridgehead atoms. The van der Waals surface area contributed by atoms with Gasteiger partial charge in [-0.15, -0.1) is 0 Å². The van der Waals surface area contributed by atoms with Crippen LogP contribution >= 0.6 is 0 Å². The number of fused-ring (bicyclic) bond motifs is 1. The second-order valence-electron chi connectivity index (χ2n) is 2.01. The summed E-state index contributed by atoms with van der Waals surface area (Å²) in [5.41, 5.74) is 0.472. The Morgan fingerprint density at radius 2 is 2.20 bits per heavy atom. The number of benzene rings is 1. The molecule has 2 rings (SSSR count). The third-order valence-electron chi connectivity index (χ3n) is 1.34. The highest BCUT2D eigenvalue weighted by molar-refractivity contribution is 5.76. The number of hydrogen-bond acceptors (Lipinski definition) is 1. The Kier molecular flexibility index (Phi) is 1.01. The Bertz CT molecular complexity index is 351. The Morgan fingerprint density at radius 3 is 3.10 bits per heavy atom. The lowest BCUT2D eigenvalue weighted by atomic mass is 10.2. The van der Waals surface area contributed by atoms with E-state index in [1.807, 2.05) is 0 Å². The van der Waals surface area contributed by atoms with Crippen molar-refractivity contribution in [3.63, 3.8) is 0 Å². The van der Waals surface area contributed by atoms with Crippen molar-refractivity contribution >= 4 is 11.0 Å². The molecule has 0 fully saturated rings. The second kappa shape index (κ2) is 1.84. The van der Waals surface area contributed by atoms with E-state index in [0.29, 0.717) is 5.58 Å². The van der Waals surface area contributed by atoms with Crippen LogP contribution in [0.3, 0.4) is 0 Å². The highest BCUT2D eigenvalue weighted by atomic mass is 19.1. The van der Waals surface area contributed by atoms with Crippen LogP contribution in [0.25, 0.3) is 11.0 Å². The van der Waals surface area contributed by atoms with Gasteiger partial charge in [-0.2, -0.15) is 0 Å². The van der Waals surface area contributed by atoms with Gasteiger partial charge in [0.2, 0.25) is 0 Å². The van der Waals surface area contributed by atoms with E-state index in [4.69, 9.17) is 4.42 Å². The fourth-order valence-corrected chi connectivity index (χ4v) is 0.865. The fourth-order valence-electron chi connectivity index (χ4n) is 0.865. The van der Waals surface area contributed by atoms with Gasteiger partial charge < -0.3 is 4.42 Å². The largest absolute Gasteiger partial charge is 0.464 e. The van der Waals surface area contributed by atoms with Gasteiger partial charge in [-0.05, 0) is 18.2 Å². The van der Waals surface area contributed by atoms with Gasteiger partial charge in [0.1, 0.15) is 11.4 Å². The molecule has 10 heavy (non-hydrogen) atoms. The van der Waals surface area contributed by atoms with Crippen molar-refractivity contribution in [1.29, 1.82) is 0 Å². The van der Waals surface area contributed by atoms with Gasteiger partial charge >= 0.3 is 0 Å². The van der Waals surface area contributed by atoms with Crippen LogP contribution in [-0.2, 0) is 0 Å². The van der Waals surface area contributed by atoms with Crippen molar-refractivity contribution in [2.45, 2.75) is 0 Å². The summed E-state index contributed by atoms with van der Waals surface area (Å²) in [5.74, 6) is -0.387. The zero-order valence-corrected chi connectivity index (χ0v) is 5.10. The van der Waals surface area contributed by atoms with Crippen molar-refractivity contribution in [2.24, 2.45) is 0 Å². The van der Waals surface area contributed by atoms with E-state index in [0.717, 1.165) is 5.39 Å². The average molecular weight is 135 g/mol. The van der Waals surface area contributed by atoms with Crippen LogP contribution < -0.4 is 0 Å². The van der Waals surface area contributed by atoms with Gasteiger partial charge in [0.05, 0.1) is 12.3 Å². The first-order valence-electron chi connectivity index (χ1n) is 2.91. The van der Waals surface area contributed by atoms with Gasteiger partial charge in [-0.1, -0.05) is 0 Å². The van der Waals surface area contributed by atoms with E-state index >= 15 is 0 Å². The molecule has 0 unspecified atom stereocenters. The van der Waals surface area contributed by atoms with E-state index in [1.165, 1.54) is 12.3 Å². The molecule has 0 saturated heterocycles. The molecule has 49 valence electrons. The molecule has 0 saturated carbocycles. The molecule has 0 atom stereocenters. The summed E-state index contributed by atoms with van der Waals surface area (Å²) >= 11 is 0. The zero-order valence-electron chi connectivity index (χ0n) is 5.10. The Labute approximate surface area is 57.1 Å². The maximum atomic E-state index is 12.4. The second-order valence-corrected chi connectivity index (χ2v) is 2.01. The minimum Gasteiger partial charge on any atom is -0.464 e. The van der Waals surface area contributed by atoms with Crippen LogP contribution in [-0.4, -0.2) is 0 Å². The Hall–Kier alpha value is -1.31. The number of hydrogen-bond donors (Lipinski definition) is 0. The molecule has 1 radical (unpaired) electrons. The van der Waals surface area contributed by atoms with E-state index < -0.39 is 0 Å². The summed E-state index contributed by atoms with van der Waals surface area (Å²) in [4.78, 5) is 0. The first-order chi connectivity index (χ1) is 4.86. The van der Waals surface area contributed by atoms with Gasteiger partial charge in [-0.3, -0.25) is 0 Å². The highest BCUT2D eigenvalue weighted by Gasteiger charge is 1.96. The predicted octanol–water partition coefficient (Wildman–Crippen LogP) is 2.37. The molecule has 1 aromatic heterocycles. The summed E-state index contributed by atoms with van der Waals surface area (Å²) < 4.78 is 17.3. The minimum atomic E-state index is -0.387. The van der Waals surface area contributed by atoms with Crippen LogP contribution in [0.15, 0.2) is 28.9 Å². The molecular formula is C8H4FO.